The summed E-state index contributed by atoms with van der Waals surface area (Å²) in [5.74, 6) is 4.61. The van der Waals surface area contributed by atoms with Crippen LogP contribution in [0.25, 0.3) is 0 Å². The van der Waals surface area contributed by atoms with Crippen molar-refractivity contribution in [3.63, 3.8) is 0 Å². The zero-order valence-electron chi connectivity index (χ0n) is 8.47. The van der Waals surface area contributed by atoms with Crippen LogP contribution in [0.15, 0.2) is 5.10 Å². The minimum Gasteiger partial charge on any atom is -0.377 e. The first-order valence-corrected chi connectivity index (χ1v) is 5.52. The van der Waals surface area contributed by atoms with Crippen molar-refractivity contribution in [2.24, 2.45) is 16.7 Å². The number of likely N-dealkylation sites (tertiary alicyclic amines) is 1. The van der Waals surface area contributed by atoms with Gasteiger partial charge in [-0.3, -0.25) is 14.5 Å². The second kappa shape index (κ2) is 5.01. The Morgan fingerprint density at radius 1 is 1.67 bits per heavy atom. The lowest BCUT2D eigenvalue weighted by atomic mass is 10.4. The summed E-state index contributed by atoms with van der Waals surface area (Å²) in [6.07, 6.45) is 0.940. The van der Waals surface area contributed by atoms with Gasteiger partial charge in [0.1, 0.15) is 5.25 Å². The number of nitrogens with two attached hydrogens (primary N) is 2. The molecule has 6 nitrogen and oxygen atoms in total. The maximum atomic E-state index is 11.7. The number of carbonyl (C=O) groups excluding carboxylic acids is 2. The van der Waals surface area contributed by atoms with Crippen LogP contribution in [-0.4, -0.2) is 33.7 Å². The van der Waals surface area contributed by atoms with E-state index in [1.165, 1.54) is 4.90 Å². The molecule has 1 fully saturated rings. The number of amidine groups is 1. The highest BCUT2D eigenvalue weighted by Crippen LogP contribution is 2.24. The summed E-state index contributed by atoms with van der Waals surface area (Å²) >= 11 is 1.04. The van der Waals surface area contributed by atoms with Gasteiger partial charge >= 0.3 is 0 Å². The van der Waals surface area contributed by atoms with Gasteiger partial charge in [-0.05, 0) is 6.42 Å². The zero-order chi connectivity index (χ0) is 11.4. The number of hydrazone groups is 1. The van der Waals surface area contributed by atoms with E-state index >= 15 is 0 Å². The van der Waals surface area contributed by atoms with E-state index in [1.54, 1.807) is 0 Å². The molecule has 1 atom stereocenters. The van der Waals surface area contributed by atoms with E-state index < -0.39 is 5.25 Å². The molecule has 1 aliphatic rings. The Morgan fingerprint density at radius 2 is 2.33 bits per heavy atom. The zero-order valence-corrected chi connectivity index (χ0v) is 9.29. The molecule has 7 heteroatoms. The Balaban J connectivity index is 2.65. The molecule has 4 N–H and O–H groups in total. The summed E-state index contributed by atoms with van der Waals surface area (Å²) in [7, 11) is 0. The van der Waals surface area contributed by atoms with Crippen LogP contribution in [0.5, 0.6) is 0 Å². The van der Waals surface area contributed by atoms with E-state index in [0.717, 1.165) is 18.2 Å². The number of rotatable bonds is 3. The van der Waals surface area contributed by atoms with Crippen LogP contribution in [-0.2, 0) is 9.59 Å². The van der Waals surface area contributed by atoms with Crippen molar-refractivity contribution in [1.29, 1.82) is 0 Å². The Kier molecular flexibility index (Phi) is 3.96. The number of thioether (sulfide) groups is 1. The van der Waals surface area contributed by atoms with Crippen molar-refractivity contribution in [1.82, 2.24) is 4.90 Å². The molecule has 1 heterocycles. The molecule has 0 aliphatic carbocycles. The maximum Gasteiger partial charge on any atom is 0.243 e. The molecule has 1 saturated heterocycles. The Hall–Kier alpha value is -1.24. The highest BCUT2D eigenvalue weighted by molar-refractivity contribution is 8.14. The summed E-state index contributed by atoms with van der Waals surface area (Å²) in [5, 5.41) is 2.92. The smallest absolute Gasteiger partial charge is 0.243 e. The Morgan fingerprint density at radius 3 is 2.87 bits per heavy atom. The molecule has 0 radical (unpaired) electrons. The lowest BCUT2D eigenvalue weighted by Gasteiger charge is -2.12. The normalized spacial score (nSPS) is 22.6. The molecule has 2 amide bonds. The highest BCUT2D eigenvalue weighted by Gasteiger charge is 2.38. The quantitative estimate of drug-likeness (QED) is 0.222. The SMILES string of the molecule is CCCN1C(=O)CC(SC(N)=NN)C1=O. The van der Waals surface area contributed by atoms with Crippen molar-refractivity contribution >= 4 is 28.7 Å². The molecular formula is C8H14N4O2S. The molecule has 0 aromatic carbocycles. The van der Waals surface area contributed by atoms with Crippen molar-refractivity contribution < 1.29 is 9.59 Å². The molecular weight excluding hydrogens is 216 g/mol. The fourth-order valence-electron chi connectivity index (χ4n) is 1.38. The molecule has 0 spiro atoms. The molecule has 1 unspecified atom stereocenters. The van der Waals surface area contributed by atoms with Gasteiger partial charge in [0.05, 0.1) is 0 Å². The van der Waals surface area contributed by atoms with Crippen LogP contribution in [0, 0.1) is 0 Å². The number of carbonyl (C=O) groups is 2. The van der Waals surface area contributed by atoms with Crippen molar-refractivity contribution in [2.45, 2.75) is 25.0 Å². The molecule has 0 saturated carbocycles. The summed E-state index contributed by atoms with van der Waals surface area (Å²) in [5.41, 5.74) is 5.39. The molecule has 15 heavy (non-hydrogen) atoms. The van der Waals surface area contributed by atoms with Crippen LogP contribution >= 0.6 is 11.8 Å². The number of imide groups is 1. The monoisotopic (exact) mass is 230 g/mol. The van der Waals surface area contributed by atoms with Crippen LogP contribution < -0.4 is 11.6 Å². The van der Waals surface area contributed by atoms with Gasteiger partial charge in [-0.15, -0.1) is 0 Å². The maximum absolute atomic E-state index is 11.7. The lowest BCUT2D eigenvalue weighted by molar-refractivity contribution is -0.138. The van der Waals surface area contributed by atoms with Crippen LogP contribution in [0.2, 0.25) is 0 Å². The third kappa shape index (κ3) is 2.62. The first-order valence-electron chi connectivity index (χ1n) is 4.64. The fourth-order valence-corrected chi connectivity index (χ4v) is 2.19. The van der Waals surface area contributed by atoms with E-state index in [9.17, 15) is 9.59 Å². The summed E-state index contributed by atoms with van der Waals surface area (Å²) in [6.45, 7) is 2.38. The van der Waals surface area contributed by atoms with Gasteiger partial charge in [0.15, 0.2) is 5.17 Å². The molecule has 0 aromatic heterocycles. The molecule has 1 rings (SSSR count). The Labute approximate surface area is 92.0 Å². The summed E-state index contributed by atoms with van der Waals surface area (Å²) in [6, 6.07) is 0. The predicted octanol–water partition coefficient (Wildman–Crippen LogP) is -0.554. The average Bonchev–Trinajstić information content (AvgIpc) is 2.46. The second-order valence-corrected chi connectivity index (χ2v) is 4.38. The highest BCUT2D eigenvalue weighted by atomic mass is 32.2. The first kappa shape index (κ1) is 11.8. The molecule has 0 bridgehead atoms. The van der Waals surface area contributed by atoms with Gasteiger partial charge in [0.25, 0.3) is 0 Å². The summed E-state index contributed by atoms with van der Waals surface area (Å²) in [4.78, 5) is 24.4. The van der Waals surface area contributed by atoms with Gasteiger partial charge in [-0.25, -0.2) is 0 Å². The van der Waals surface area contributed by atoms with E-state index in [1.807, 2.05) is 6.92 Å². The third-order valence-electron chi connectivity index (χ3n) is 2.04. The van der Waals surface area contributed by atoms with E-state index in [-0.39, 0.29) is 23.4 Å². The van der Waals surface area contributed by atoms with Crippen molar-refractivity contribution in [2.75, 3.05) is 6.54 Å². The predicted molar refractivity (Wildman–Crippen MR) is 58.8 cm³/mol. The number of amides is 2. The topological polar surface area (TPSA) is 102 Å². The van der Waals surface area contributed by atoms with Crippen LogP contribution in [0.4, 0.5) is 0 Å². The number of nitrogens with zero attached hydrogens (tertiary/aromatic N) is 2. The molecule has 0 aromatic rings. The lowest BCUT2D eigenvalue weighted by Crippen LogP contribution is -2.32. The van der Waals surface area contributed by atoms with E-state index in [4.69, 9.17) is 11.6 Å². The van der Waals surface area contributed by atoms with Gasteiger partial charge in [-0.1, -0.05) is 18.7 Å². The van der Waals surface area contributed by atoms with E-state index in [2.05, 4.69) is 5.10 Å². The largest absolute Gasteiger partial charge is 0.377 e. The average molecular weight is 230 g/mol. The fraction of sp³-hybridized carbons (Fsp3) is 0.625. The van der Waals surface area contributed by atoms with Gasteiger partial charge in [-0.2, -0.15) is 5.10 Å². The second-order valence-electron chi connectivity index (χ2n) is 3.16. The standard InChI is InChI=1S/C8H14N4O2S/c1-2-3-12-6(13)4-5(7(12)14)15-8(9)11-10/h5H,2-4,10H2,1H3,(H2,9,11). The van der Waals surface area contributed by atoms with Crippen molar-refractivity contribution in [3.8, 4) is 0 Å². The first-order chi connectivity index (χ1) is 7.10. The molecule has 84 valence electrons. The Bertz CT molecular complexity index is 305. The third-order valence-corrected chi connectivity index (χ3v) is 3.04. The van der Waals surface area contributed by atoms with Crippen molar-refractivity contribution in [3.05, 3.63) is 0 Å². The van der Waals surface area contributed by atoms with Gasteiger partial charge < -0.3 is 11.6 Å². The number of hydrogen-bond donors (Lipinski definition) is 2. The minimum atomic E-state index is -0.462. The summed E-state index contributed by atoms with van der Waals surface area (Å²) < 4.78 is 0. The van der Waals surface area contributed by atoms with Crippen LogP contribution in [0.1, 0.15) is 19.8 Å². The van der Waals surface area contributed by atoms with Gasteiger partial charge in [0.2, 0.25) is 11.8 Å². The molecule has 1 aliphatic heterocycles. The number of hydrogen-bond acceptors (Lipinski definition) is 5. The van der Waals surface area contributed by atoms with Gasteiger partial charge in [0, 0.05) is 13.0 Å². The van der Waals surface area contributed by atoms with E-state index in [0.29, 0.717) is 6.54 Å². The minimum absolute atomic E-state index is 0.125. The van der Waals surface area contributed by atoms with Crippen LogP contribution in [0.3, 0.4) is 0 Å².